The van der Waals surface area contributed by atoms with Crippen LogP contribution < -0.4 is 0 Å². The van der Waals surface area contributed by atoms with Gasteiger partial charge < -0.3 is 5.11 Å². The summed E-state index contributed by atoms with van der Waals surface area (Å²) in [6.45, 7) is 2.27. The molecule has 0 aliphatic heterocycles. The number of unbranched alkanes of at least 4 members (excludes halogenated alkanes) is 2. The molecular weight excluding hydrogens is 212 g/mol. The number of aliphatic carboxylic acids is 1. The molecule has 1 saturated carbocycles. The van der Waals surface area contributed by atoms with E-state index >= 15 is 0 Å². The van der Waals surface area contributed by atoms with Gasteiger partial charge in [0.15, 0.2) is 0 Å². The fraction of sp³-hybridized carbons (Fsp3) is 0.933. The first kappa shape index (κ1) is 14.5. The first-order valence-electron chi connectivity index (χ1n) is 7.44. The van der Waals surface area contributed by atoms with Gasteiger partial charge in [-0.1, -0.05) is 64.7 Å². The minimum atomic E-state index is -0.645. The molecule has 0 saturated heterocycles. The number of carboxylic acid groups (broad SMARTS) is 1. The Morgan fingerprint density at radius 2 is 1.53 bits per heavy atom. The van der Waals surface area contributed by atoms with Crippen LogP contribution in [-0.2, 0) is 4.79 Å². The Balaban J connectivity index is 2.01. The Hall–Kier alpha value is -0.530. The molecule has 0 aromatic rings. The Morgan fingerprint density at radius 3 is 2.00 bits per heavy atom. The Kier molecular flexibility index (Phi) is 7.30. The summed E-state index contributed by atoms with van der Waals surface area (Å²) in [5.41, 5.74) is 0. The van der Waals surface area contributed by atoms with E-state index in [-0.39, 0.29) is 0 Å². The van der Waals surface area contributed by atoms with Crippen LogP contribution >= 0.6 is 0 Å². The van der Waals surface area contributed by atoms with E-state index in [2.05, 4.69) is 6.92 Å². The number of hydrogen-bond acceptors (Lipinski definition) is 1. The van der Waals surface area contributed by atoms with Gasteiger partial charge in [0.2, 0.25) is 0 Å². The van der Waals surface area contributed by atoms with E-state index < -0.39 is 5.97 Å². The first-order valence-corrected chi connectivity index (χ1v) is 7.44. The van der Waals surface area contributed by atoms with Crippen molar-refractivity contribution in [2.75, 3.05) is 0 Å². The van der Waals surface area contributed by atoms with Crippen LogP contribution in [0.1, 0.15) is 77.6 Å². The maximum Gasteiger partial charge on any atom is 0.303 e. The van der Waals surface area contributed by atoms with Crippen LogP contribution in [-0.4, -0.2) is 11.1 Å². The SMILES string of the molecule is CCCCC1CCC(CCCCC(=O)O)CC1. The van der Waals surface area contributed by atoms with Gasteiger partial charge in [0.1, 0.15) is 0 Å². The minimum absolute atomic E-state index is 0.353. The lowest BCUT2D eigenvalue weighted by Gasteiger charge is -2.28. The molecule has 0 aromatic carbocycles. The van der Waals surface area contributed by atoms with Crippen LogP contribution in [0.25, 0.3) is 0 Å². The summed E-state index contributed by atoms with van der Waals surface area (Å²) in [6.07, 6.45) is 13.4. The van der Waals surface area contributed by atoms with Gasteiger partial charge in [0, 0.05) is 6.42 Å². The van der Waals surface area contributed by atoms with Gasteiger partial charge in [-0.2, -0.15) is 0 Å². The van der Waals surface area contributed by atoms with E-state index in [1.165, 1.54) is 51.4 Å². The molecule has 100 valence electrons. The van der Waals surface area contributed by atoms with Crippen LogP contribution in [0.15, 0.2) is 0 Å². The summed E-state index contributed by atoms with van der Waals surface area (Å²) in [7, 11) is 0. The van der Waals surface area contributed by atoms with Gasteiger partial charge in [-0.25, -0.2) is 0 Å². The predicted octanol–water partition coefficient (Wildman–Crippen LogP) is 4.63. The lowest BCUT2D eigenvalue weighted by atomic mass is 9.78. The second kappa shape index (κ2) is 8.54. The molecule has 2 heteroatoms. The van der Waals surface area contributed by atoms with Gasteiger partial charge in [0.25, 0.3) is 0 Å². The molecule has 0 amide bonds. The molecule has 0 heterocycles. The quantitative estimate of drug-likeness (QED) is 0.628. The fourth-order valence-electron chi connectivity index (χ4n) is 3.01. The summed E-state index contributed by atoms with van der Waals surface area (Å²) in [6, 6.07) is 0. The minimum Gasteiger partial charge on any atom is -0.481 e. The van der Waals surface area contributed by atoms with E-state index in [0.717, 1.165) is 24.7 Å². The normalized spacial score (nSPS) is 24.8. The molecule has 0 aromatic heterocycles. The van der Waals surface area contributed by atoms with Gasteiger partial charge >= 0.3 is 5.97 Å². The van der Waals surface area contributed by atoms with Crippen molar-refractivity contribution in [3.05, 3.63) is 0 Å². The molecule has 0 spiro atoms. The molecule has 0 radical (unpaired) electrons. The zero-order valence-electron chi connectivity index (χ0n) is 11.3. The van der Waals surface area contributed by atoms with Crippen molar-refractivity contribution >= 4 is 5.97 Å². The highest BCUT2D eigenvalue weighted by atomic mass is 16.4. The summed E-state index contributed by atoms with van der Waals surface area (Å²) in [4.78, 5) is 10.4. The third-order valence-electron chi connectivity index (χ3n) is 4.19. The summed E-state index contributed by atoms with van der Waals surface area (Å²) in [5.74, 6) is 1.24. The van der Waals surface area contributed by atoms with Crippen LogP contribution in [0.3, 0.4) is 0 Å². The lowest BCUT2D eigenvalue weighted by Crippen LogP contribution is -2.14. The molecule has 2 nitrogen and oxygen atoms in total. The van der Waals surface area contributed by atoms with Crippen molar-refractivity contribution < 1.29 is 9.90 Å². The van der Waals surface area contributed by atoms with E-state index in [9.17, 15) is 4.79 Å². The number of rotatable bonds is 8. The smallest absolute Gasteiger partial charge is 0.303 e. The monoisotopic (exact) mass is 240 g/mol. The second-order valence-corrected chi connectivity index (χ2v) is 5.67. The second-order valence-electron chi connectivity index (χ2n) is 5.67. The molecule has 0 atom stereocenters. The molecular formula is C15H28O2. The molecule has 1 rings (SSSR count). The van der Waals surface area contributed by atoms with E-state index in [4.69, 9.17) is 5.11 Å². The number of carbonyl (C=O) groups is 1. The molecule has 1 aliphatic rings. The highest BCUT2D eigenvalue weighted by Gasteiger charge is 2.20. The Morgan fingerprint density at radius 1 is 1.00 bits per heavy atom. The Labute approximate surface area is 106 Å². The standard InChI is InChI=1S/C15H28O2/c1-2-3-6-13-9-11-14(12-10-13)7-4-5-8-15(16)17/h13-14H,2-12H2,1H3,(H,16,17). The van der Waals surface area contributed by atoms with Crippen LogP contribution in [0.2, 0.25) is 0 Å². The van der Waals surface area contributed by atoms with Crippen molar-refractivity contribution in [3.63, 3.8) is 0 Å². The largest absolute Gasteiger partial charge is 0.481 e. The van der Waals surface area contributed by atoms with E-state index in [1.54, 1.807) is 0 Å². The third kappa shape index (κ3) is 6.70. The van der Waals surface area contributed by atoms with Crippen LogP contribution in [0.5, 0.6) is 0 Å². The lowest BCUT2D eigenvalue weighted by molar-refractivity contribution is -0.137. The summed E-state index contributed by atoms with van der Waals surface area (Å²) in [5, 5.41) is 8.57. The highest BCUT2D eigenvalue weighted by molar-refractivity contribution is 5.66. The van der Waals surface area contributed by atoms with E-state index in [1.807, 2.05) is 0 Å². The van der Waals surface area contributed by atoms with Crippen molar-refractivity contribution in [2.45, 2.75) is 77.6 Å². The van der Waals surface area contributed by atoms with E-state index in [0.29, 0.717) is 6.42 Å². The van der Waals surface area contributed by atoms with Crippen LogP contribution in [0, 0.1) is 11.8 Å². The van der Waals surface area contributed by atoms with Gasteiger partial charge in [-0.15, -0.1) is 0 Å². The molecule has 0 bridgehead atoms. The van der Waals surface area contributed by atoms with Gasteiger partial charge in [-0.05, 0) is 18.3 Å². The zero-order chi connectivity index (χ0) is 12.5. The maximum atomic E-state index is 10.4. The molecule has 1 N–H and O–H groups in total. The topological polar surface area (TPSA) is 37.3 Å². The summed E-state index contributed by atoms with van der Waals surface area (Å²) >= 11 is 0. The zero-order valence-corrected chi connectivity index (χ0v) is 11.3. The van der Waals surface area contributed by atoms with Crippen molar-refractivity contribution in [1.29, 1.82) is 0 Å². The fourth-order valence-corrected chi connectivity index (χ4v) is 3.01. The van der Waals surface area contributed by atoms with Gasteiger partial charge in [0.05, 0.1) is 0 Å². The molecule has 17 heavy (non-hydrogen) atoms. The average molecular weight is 240 g/mol. The van der Waals surface area contributed by atoms with Crippen LogP contribution in [0.4, 0.5) is 0 Å². The predicted molar refractivity (Wildman–Crippen MR) is 71.1 cm³/mol. The summed E-state index contributed by atoms with van der Waals surface area (Å²) < 4.78 is 0. The van der Waals surface area contributed by atoms with Crippen molar-refractivity contribution in [3.8, 4) is 0 Å². The molecule has 1 fully saturated rings. The molecule has 0 unspecified atom stereocenters. The van der Waals surface area contributed by atoms with Crippen molar-refractivity contribution in [1.82, 2.24) is 0 Å². The molecule has 1 aliphatic carbocycles. The number of carboxylic acids is 1. The highest BCUT2D eigenvalue weighted by Crippen LogP contribution is 2.34. The van der Waals surface area contributed by atoms with Crippen molar-refractivity contribution in [2.24, 2.45) is 11.8 Å². The Bertz CT molecular complexity index is 205. The first-order chi connectivity index (χ1) is 8.22. The number of hydrogen-bond donors (Lipinski definition) is 1. The average Bonchev–Trinajstić information content (AvgIpc) is 2.33. The van der Waals surface area contributed by atoms with Gasteiger partial charge in [-0.3, -0.25) is 4.79 Å². The third-order valence-corrected chi connectivity index (χ3v) is 4.19. The maximum absolute atomic E-state index is 10.4.